The first kappa shape index (κ1) is 15.9. The van der Waals surface area contributed by atoms with Gasteiger partial charge in [0.2, 0.25) is 0 Å². The van der Waals surface area contributed by atoms with Gasteiger partial charge in [-0.2, -0.15) is 0 Å². The smallest absolute Gasteiger partial charge is 0.0134 e. The van der Waals surface area contributed by atoms with E-state index in [1.165, 1.54) is 0 Å². The summed E-state index contributed by atoms with van der Waals surface area (Å²) in [4.78, 5) is 0. The lowest BCUT2D eigenvalue weighted by Gasteiger charge is -1.92. The standard InChI is InChI=1S/C3H10N2.2FH/c1-3(5)2-4;;/h3H,2,4-5H2,1H3;2*1H. The summed E-state index contributed by atoms with van der Waals surface area (Å²) in [6.07, 6.45) is 0. The summed E-state index contributed by atoms with van der Waals surface area (Å²) in [5.41, 5.74) is 10.2. The van der Waals surface area contributed by atoms with Crippen molar-refractivity contribution in [1.82, 2.24) is 0 Å². The molecule has 0 aromatic rings. The summed E-state index contributed by atoms with van der Waals surface area (Å²) in [6.45, 7) is 2.46. The molecule has 0 aliphatic carbocycles. The van der Waals surface area contributed by atoms with Crippen molar-refractivity contribution in [3.05, 3.63) is 0 Å². The van der Waals surface area contributed by atoms with E-state index in [4.69, 9.17) is 11.5 Å². The molecule has 0 aliphatic rings. The van der Waals surface area contributed by atoms with Crippen molar-refractivity contribution in [2.45, 2.75) is 13.0 Å². The highest BCUT2D eigenvalue weighted by molar-refractivity contribution is 4.48. The van der Waals surface area contributed by atoms with Crippen LogP contribution in [0.2, 0.25) is 0 Å². The molecule has 7 heavy (non-hydrogen) atoms. The zero-order valence-electron chi connectivity index (χ0n) is 4.26. The van der Waals surface area contributed by atoms with Crippen molar-refractivity contribution in [3.8, 4) is 0 Å². The first-order chi connectivity index (χ1) is 2.27. The summed E-state index contributed by atoms with van der Waals surface area (Å²) in [7, 11) is 0. The molecule has 0 aromatic heterocycles. The van der Waals surface area contributed by atoms with E-state index in [0.29, 0.717) is 6.54 Å². The fourth-order valence-electron chi connectivity index (χ4n) is 0. The van der Waals surface area contributed by atoms with Crippen LogP contribution < -0.4 is 11.5 Å². The third-order valence-electron chi connectivity index (χ3n) is 0.372. The van der Waals surface area contributed by atoms with E-state index in [1.54, 1.807) is 0 Å². The molecule has 0 spiro atoms. The minimum absolute atomic E-state index is 0. The average molecular weight is 114 g/mol. The number of halogens is 2. The molecule has 1 atom stereocenters. The summed E-state index contributed by atoms with van der Waals surface area (Å²) in [5, 5.41) is 0. The number of rotatable bonds is 1. The van der Waals surface area contributed by atoms with Crippen LogP contribution in [0.15, 0.2) is 0 Å². The van der Waals surface area contributed by atoms with Crippen LogP contribution in [0.25, 0.3) is 0 Å². The third kappa shape index (κ3) is 26.1. The zero-order chi connectivity index (χ0) is 4.28. The first-order valence-corrected chi connectivity index (χ1v) is 1.73. The van der Waals surface area contributed by atoms with Gasteiger partial charge in [-0.15, -0.1) is 0 Å². The lowest BCUT2D eigenvalue weighted by molar-refractivity contribution is 0.752. The van der Waals surface area contributed by atoms with Crippen LogP contribution in [0.3, 0.4) is 0 Å². The average Bonchev–Trinajstić information content (AvgIpc) is 1.38. The van der Waals surface area contributed by atoms with Gasteiger partial charge in [0.25, 0.3) is 0 Å². The lowest BCUT2D eigenvalue weighted by atomic mass is 10.4. The molecule has 0 bridgehead atoms. The molecule has 0 aromatic carbocycles. The minimum atomic E-state index is 0. The summed E-state index contributed by atoms with van der Waals surface area (Å²) >= 11 is 0. The highest BCUT2D eigenvalue weighted by atomic mass is 19.0. The summed E-state index contributed by atoms with van der Waals surface area (Å²) in [5.74, 6) is 0. The van der Waals surface area contributed by atoms with Crippen LogP contribution in [0, 0.1) is 0 Å². The van der Waals surface area contributed by atoms with E-state index < -0.39 is 0 Å². The Labute approximate surface area is 41.6 Å². The lowest BCUT2D eigenvalue weighted by Crippen LogP contribution is -2.25. The van der Waals surface area contributed by atoms with Crippen molar-refractivity contribution in [3.63, 3.8) is 0 Å². The molecule has 0 saturated carbocycles. The maximum atomic E-state index is 5.17. The van der Waals surface area contributed by atoms with Crippen molar-refractivity contribution in [2.75, 3.05) is 6.54 Å². The highest BCUT2D eigenvalue weighted by Crippen LogP contribution is 1.59. The Kier molecular flexibility index (Phi) is 20.9. The maximum Gasteiger partial charge on any atom is 0.0134 e. The van der Waals surface area contributed by atoms with Crippen molar-refractivity contribution in [1.29, 1.82) is 0 Å². The van der Waals surface area contributed by atoms with Gasteiger partial charge in [-0.25, -0.2) is 0 Å². The van der Waals surface area contributed by atoms with Crippen LogP contribution >= 0.6 is 0 Å². The zero-order valence-corrected chi connectivity index (χ0v) is 4.26. The second-order valence-corrected chi connectivity index (χ2v) is 1.21. The highest BCUT2D eigenvalue weighted by Gasteiger charge is 1.79. The Balaban J connectivity index is -0.0000000800. The molecule has 2 nitrogen and oxygen atoms in total. The van der Waals surface area contributed by atoms with Gasteiger partial charge in [0.15, 0.2) is 0 Å². The van der Waals surface area contributed by atoms with Crippen LogP contribution in [0.5, 0.6) is 0 Å². The van der Waals surface area contributed by atoms with Crippen LogP contribution in [0.4, 0.5) is 9.41 Å². The van der Waals surface area contributed by atoms with E-state index in [2.05, 4.69) is 0 Å². The SMILES string of the molecule is CC(N)CN.F.F. The monoisotopic (exact) mass is 114 g/mol. The Bertz CT molecular complexity index is 24.9. The fourth-order valence-corrected chi connectivity index (χ4v) is 0. The van der Waals surface area contributed by atoms with E-state index in [9.17, 15) is 0 Å². The normalized spacial score (nSPS) is 10.7. The first-order valence-electron chi connectivity index (χ1n) is 1.73. The van der Waals surface area contributed by atoms with Gasteiger partial charge in [0, 0.05) is 12.6 Å². The third-order valence-corrected chi connectivity index (χ3v) is 0.372. The predicted molar refractivity (Wildman–Crippen MR) is 27.7 cm³/mol. The predicted octanol–water partition coefficient (Wildman–Crippen LogP) is -0.403. The Hall–Kier alpha value is -0.220. The molecule has 0 rings (SSSR count). The van der Waals surface area contributed by atoms with Crippen LogP contribution in [0.1, 0.15) is 6.92 Å². The topological polar surface area (TPSA) is 52.0 Å². The maximum absolute atomic E-state index is 5.17. The van der Waals surface area contributed by atoms with Gasteiger partial charge in [-0.05, 0) is 6.92 Å². The molecule has 0 amide bonds. The summed E-state index contributed by atoms with van der Waals surface area (Å²) < 4.78 is 0. The Morgan fingerprint density at radius 1 is 1.43 bits per heavy atom. The second kappa shape index (κ2) is 9.24. The molecule has 4 N–H and O–H groups in total. The number of nitrogens with two attached hydrogens (primary N) is 2. The molecule has 0 aliphatic heterocycles. The Morgan fingerprint density at radius 2 is 1.57 bits per heavy atom. The molecule has 48 valence electrons. The van der Waals surface area contributed by atoms with E-state index in [-0.39, 0.29) is 15.5 Å². The molecule has 0 fully saturated rings. The van der Waals surface area contributed by atoms with Gasteiger partial charge in [-0.1, -0.05) is 0 Å². The van der Waals surface area contributed by atoms with Gasteiger partial charge in [0.05, 0.1) is 0 Å². The van der Waals surface area contributed by atoms with Gasteiger partial charge >= 0.3 is 0 Å². The van der Waals surface area contributed by atoms with Gasteiger partial charge < -0.3 is 11.5 Å². The molecular formula is C3H12F2N2. The molecule has 1 unspecified atom stereocenters. The number of hydrogen-bond acceptors (Lipinski definition) is 2. The Morgan fingerprint density at radius 3 is 1.57 bits per heavy atom. The van der Waals surface area contributed by atoms with E-state index in [0.717, 1.165) is 0 Å². The van der Waals surface area contributed by atoms with Gasteiger partial charge in [-0.3, -0.25) is 9.41 Å². The quantitative estimate of drug-likeness (QED) is 0.487. The molecule has 4 heteroatoms. The van der Waals surface area contributed by atoms with E-state index >= 15 is 0 Å². The molecule has 0 heterocycles. The molecule has 0 radical (unpaired) electrons. The van der Waals surface area contributed by atoms with Gasteiger partial charge in [0.1, 0.15) is 0 Å². The molecular weight excluding hydrogens is 102 g/mol. The minimum Gasteiger partial charge on any atom is -0.329 e. The largest absolute Gasteiger partial charge is 0.329 e. The fraction of sp³-hybridized carbons (Fsp3) is 1.00. The van der Waals surface area contributed by atoms with Crippen molar-refractivity contribution < 1.29 is 9.41 Å². The second-order valence-electron chi connectivity index (χ2n) is 1.21. The van der Waals surface area contributed by atoms with Crippen LogP contribution in [-0.4, -0.2) is 12.6 Å². The molecule has 0 saturated heterocycles. The van der Waals surface area contributed by atoms with Crippen molar-refractivity contribution in [2.24, 2.45) is 11.5 Å². The summed E-state index contributed by atoms with van der Waals surface area (Å²) in [6, 6.07) is 0.162. The number of hydrogen-bond donors (Lipinski definition) is 2. The van der Waals surface area contributed by atoms with E-state index in [1.807, 2.05) is 6.92 Å². The van der Waals surface area contributed by atoms with Crippen molar-refractivity contribution >= 4 is 0 Å². The van der Waals surface area contributed by atoms with Crippen LogP contribution in [-0.2, 0) is 0 Å².